The zero-order chi connectivity index (χ0) is 22.0. The Balaban J connectivity index is 1.50. The molecule has 0 aliphatic carbocycles. The average molecular weight is 458 g/mol. The summed E-state index contributed by atoms with van der Waals surface area (Å²) in [6.45, 7) is 4.66. The van der Waals surface area contributed by atoms with Crippen molar-refractivity contribution in [1.82, 2.24) is 5.32 Å². The lowest BCUT2D eigenvalue weighted by Gasteiger charge is -2.19. The number of hydrogen-bond donors (Lipinski definition) is 2. The molecule has 5 nitrogen and oxygen atoms in total. The molecule has 1 saturated heterocycles. The van der Waals surface area contributed by atoms with Gasteiger partial charge in [0.25, 0.3) is 0 Å². The Morgan fingerprint density at radius 2 is 1.84 bits per heavy atom. The van der Waals surface area contributed by atoms with E-state index in [9.17, 15) is 9.90 Å². The third kappa shape index (κ3) is 4.76. The van der Waals surface area contributed by atoms with Gasteiger partial charge >= 0.3 is 5.97 Å². The summed E-state index contributed by atoms with van der Waals surface area (Å²) in [5.41, 5.74) is 2.93. The third-order valence-corrected chi connectivity index (χ3v) is 7.12. The molecule has 1 aliphatic rings. The molecule has 2 N–H and O–H groups in total. The normalized spacial score (nSPS) is 18.3. The first kappa shape index (κ1) is 21.8. The highest BCUT2D eigenvalue weighted by atomic mass is 35.5. The Labute approximate surface area is 190 Å². The number of fused-ring (bicyclic) bond motifs is 1. The van der Waals surface area contributed by atoms with Crippen molar-refractivity contribution < 1.29 is 19.4 Å². The lowest BCUT2D eigenvalue weighted by Crippen LogP contribution is -2.33. The SMILES string of the molecule is Cc1cc(OCCOc2ccc3ccccc3c2C2NC(C(=O)O)CS2)cc(C)c1Cl. The molecule has 7 heteroatoms. The van der Waals surface area contributed by atoms with Crippen LogP contribution in [0.3, 0.4) is 0 Å². The van der Waals surface area contributed by atoms with E-state index in [1.54, 1.807) is 11.8 Å². The number of aliphatic carboxylic acids is 1. The van der Waals surface area contributed by atoms with Gasteiger partial charge in [0.2, 0.25) is 0 Å². The largest absolute Gasteiger partial charge is 0.490 e. The number of benzene rings is 3. The average Bonchev–Trinajstić information content (AvgIpc) is 3.25. The number of aryl methyl sites for hydroxylation is 2. The van der Waals surface area contributed by atoms with Gasteiger partial charge in [-0.05, 0) is 53.9 Å². The maximum Gasteiger partial charge on any atom is 0.321 e. The van der Waals surface area contributed by atoms with Gasteiger partial charge in [0.1, 0.15) is 30.8 Å². The van der Waals surface area contributed by atoms with Crippen molar-refractivity contribution in [3.8, 4) is 11.5 Å². The molecule has 1 fully saturated rings. The van der Waals surface area contributed by atoms with Crippen LogP contribution in [0.25, 0.3) is 10.8 Å². The zero-order valence-corrected chi connectivity index (χ0v) is 18.9. The van der Waals surface area contributed by atoms with Gasteiger partial charge in [-0.15, -0.1) is 11.8 Å². The maximum absolute atomic E-state index is 11.4. The Morgan fingerprint density at radius 3 is 2.55 bits per heavy atom. The van der Waals surface area contributed by atoms with Crippen LogP contribution in [0.1, 0.15) is 22.1 Å². The Morgan fingerprint density at radius 1 is 1.13 bits per heavy atom. The molecule has 3 aromatic carbocycles. The number of hydrogen-bond acceptors (Lipinski definition) is 5. The number of carboxylic acid groups (broad SMARTS) is 1. The molecule has 3 aromatic rings. The van der Waals surface area contributed by atoms with Crippen molar-refractivity contribution in [3.05, 3.63) is 70.2 Å². The summed E-state index contributed by atoms with van der Waals surface area (Å²) in [6, 6.07) is 15.3. The van der Waals surface area contributed by atoms with Gasteiger partial charge in [-0.2, -0.15) is 0 Å². The summed E-state index contributed by atoms with van der Waals surface area (Å²) >= 11 is 7.81. The molecule has 2 unspecified atom stereocenters. The number of carboxylic acids is 1. The van der Waals surface area contributed by atoms with Gasteiger partial charge in [-0.3, -0.25) is 10.1 Å². The fourth-order valence-electron chi connectivity index (χ4n) is 3.75. The van der Waals surface area contributed by atoms with Crippen LogP contribution in [0.5, 0.6) is 11.5 Å². The first-order chi connectivity index (χ1) is 14.9. The second-order valence-electron chi connectivity index (χ2n) is 7.54. The molecule has 4 rings (SSSR count). The summed E-state index contributed by atoms with van der Waals surface area (Å²) in [5, 5.41) is 15.3. The molecule has 1 heterocycles. The van der Waals surface area contributed by atoms with Gasteiger partial charge in [0.15, 0.2) is 0 Å². The molecular formula is C24H24ClNO4S. The van der Waals surface area contributed by atoms with Crippen molar-refractivity contribution in [2.24, 2.45) is 0 Å². The summed E-state index contributed by atoms with van der Waals surface area (Å²) in [5.74, 6) is 1.18. The highest BCUT2D eigenvalue weighted by molar-refractivity contribution is 7.99. The van der Waals surface area contributed by atoms with Crippen LogP contribution in [-0.2, 0) is 4.79 Å². The minimum absolute atomic E-state index is 0.148. The zero-order valence-electron chi connectivity index (χ0n) is 17.4. The number of thioether (sulfide) groups is 1. The van der Waals surface area contributed by atoms with E-state index in [2.05, 4.69) is 5.32 Å². The monoisotopic (exact) mass is 457 g/mol. The van der Waals surface area contributed by atoms with E-state index in [-0.39, 0.29) is 5.37 Å². The second-order valence-corrected chi connectivity index (χ2v) is 9.05. The lowest BCUT2D eigenvalue weighted by molar-refractivity contribution is -0.138. The van der Waals surface area contributed by atoms with Crippen LogP contribution in [0.15, 0.2) is 48.5 Å². The van der Waals surface area contributed by atoms with Crippen LogP contribution in [0, 0.1) is 13.8 Å². The van der Waals surface area contributed by atoms with Gasteiger partial charge in [0, 0.05) is 16.3 Å². The predicted octanol–water partition coefficient (Wildman–Crippen LogP) is 5.36. The minimum atomic E-state index is -0.834. The summed E-state index contributed by atoms with van der Waals surface area (Å²) in [4.78, 5) is 11.4. The summed E-state index contributed by atoms with van der Waals surface area (Å²) in [6.07, 6.45) is 0. The van der Waals surface area contributed by atoms with E-state index in [1.807, 2.05) is 62.4 Å². The fraction of sp³-hybridized carbons (Fsp3) is 0.292. The van der Waals surface area contributed by atoms with E-state index >= 15 is 0 Å². The Bertz CT molecular complexity index is 1100. The molecule has 1 aliphatic heterocycles. The highest BCUT2D eigenvalue weighted by Gasteiger charge is 2.33. The Hall–Kier alpha value is -2.41. The number of ether oxygens (including phenoxy) is 2. The number of rotatable bonds is 7. The summed E-state index contributed by atoms with van der Waals surface area (Å²) in [7, 11) is 0. The van der Waals surface area contributed by atoms with Crippen molar-refractivity contribution in [2.45, 2.75) is 25.3 Å². The van der Waals surface area contributed by atoms with Crippen molar-refractivity contribution >= 4 is 40.1 Å². The quantitative estimate of drug-likeness (QED) is 0.466. The van der Waals surface area contributed by atoms with Crippen molar-refractivity contribution in [3.63, 3.8) is 0 Å². The number of halogens is 1. The van der Waals surface area contributed by atoms with E-state index in [1.165, 1.54) is 0 Å². The third-order valence-electron chi connectivity index (χ3n) is 5.29. The first-order valence-electron chi connectivity index (χ1n) is 10.1. The molecule has 162 valence electrons. The van der Waals surface area contributed by atoms with Crippen LogP contribution >= 0.6 is 23.4 Å². The topological polar surface area (TPSA) is 67.8 Å². The molecule has 0 radical (unpaired) electrons. The number of carbonyl (C=O) groups is 1. The summed E-state index contributed by atoms with van der Waals surface area (Å²) < 4.78 is 12.0. The molecule has 0 aromatic heterocycles. The molecular weight excluding hydrogens is 434 g/mol. The number of nitrogens with one attached hydrogen (secondary N) is 1. The standard InChI is InChI=1S/C24H24ClNO4S/c1-14-11-17(12-15(2)22(14)25)29-9-10-30-20-8-7-16-5-3-4-6-18(16)21(20)23-26-19(13-31-23)24(27)28/h3-8,11-12,19,23,26H,9-10,13H2,1-2H3,(H,27,28). The fourth-order valence-corrected chi connectivity index (χ4v) is 5.16. The molecule has 0 saturated carbocycles. The minimum Gasteiger partial charge on any atom is -0.490 e. The van der Waals surface area contributed by atoms with Gasteiger partial charge in [-0.1, -0.05) is 41.9 Å². The predicted molar refractivity (Wildman–Crippen MR) is 126 cm³/mol. The van der Waals surface area contributed by atoms with Gasteiger partial charge < -0.3 is 14.6 Å². The van der Waals surface area contributed by atoms with Gasteiger partial charge in [-0.25, -0.2) is 0 Å². The van der Waals surface area contributed by atoms with Crippen molar-refractivity contribution in [2.75, 3.05) is 19.0 Å². The molecule has 31 heavy (non-hydrogen) atoms. The van der Waals surface area contributed by atoms with E-state index in [0.717, 1.165) is 44.0 Å². The Kier molecular flexibility index (Phi) is 6.60. The van der Waals surface area contributed by atoms with E-state index < -0.39 is 12.0 Å². The van der Waals surface area contributed by atoms with Crippen molar-refractivity contribution in [1.29, 1.82) is 0 Å². The smallest absolute Gasteiger partial charge is 0.321 e. The lowest BCUT2D eigenvalue weighted by atomic mass is 10.0. The van der Waals surface area contributed by atoms with Gasteiger partial charge in [0.05, 0.1) is 5.37 Å². The molecule has 2 atom stereocenters. The maximum atomic E-state index is 11.4. The highest BCUT2D eigenvalue weighted by Crippen LogP contribution is 2.42. The first-order valence-corrected chi connectivity index (χ1v) is 11.5. The molecule has 0 bridgehead atoms. The van der Waals surface area contributed by atoms with E-state index in [0.29, 0.717) is 19.0 Å². The molecule has 0 amide bonds. The van der Waals surface area contributed by atoms with Crippen LogP contribution in [0.4, 0.5) is 0 Å². The van der Waals surface area contributed by atoms with Crippen LogP contribution in [-0.4, -0.2) is 36.1 Å². The molecule has 0 spiro atoms. The van der Waals surface area contributed by atoms with Crippen LogP contribution in [0.2, 0.25) is 5.02 Å². The van der Waals surface area contributed by atoms with Crippen LogP contribution < -0.4 is 14.8 Å². The second kappa shape index (κ2) is 9.39. The van der Waals surface area contributed by atoms with E-state index in [4.69, 9.17) is 21.1 Å².